The Morgan fingerprint density at radius 3 is 1.25 bits per heavy atom. The third-order valence-electron chi connectivity index (χ3n) is 10.5. The lowest BCUT2D eigenvalue weighted by molar-refractivity contribution is -0.884. The van der Waals surface area contributed by atoms with Crippen molar-refractivity contribution < 1.29 is 23.2 Å². The molecule has 2 unspecified atom stereocenters. The summed E-state index contributed by atoms with van der Waals surface area (Å²) in [6.45, 7) is 12.7. The van der Waals surface area contributed by atoms with Crippen molar-refractivity contribution in [3.05, 3.63) is 96.6 Å². The lowest BCUT2D eigenvalue weighted by Crippen LogP contribution is -2.54. The molecule has 0 saturated heterocycles. The number of carbonyl (C=O) groups excluding carboxylic acids is 1. The second-order valence-corrected chi connectivity index (χ2v) is 25.3. The van der Waals surface area contributed by atoms with E-state index in [1.807, 2.05) is 0 Å². The van der Waals surface area contributed by atoms with Gasteiger partial charge in [-0.25, -0.2) is 0 Å². The predicted molar refractivity (Wildman–Crippen MR) is 239 cm³/mol. The maximum absolute atomic E-state index is 10.8. The summed E-state index contributed by atoms with van der Waals surface area (Å²) >= 11 is 0. The Morgan fingerprint density at radius 1 is 0.545 bits per heavy atom. The van der Waals surface area contributed by atoms with E-state index in [0.717, 1.165) is 49.6 Å². The zero-order chi connectivity index (χ0) is 40.4. The number of hydrogen-bond donors (Lipinski definition) is 0. The summed E-state index contributed by atoms with van der Waals surface area (Å²) in [7, 11) is 2.28. The van der Waals surface area contributed by atoms with Crippen LogP contribution in [-0.2, 0) is 20.2 Å². The van der Waals surface area contributed by atoms with Crippen LogP contribution in [0.25, 0.3) is 0 Å². The first-order chi connectivity index (χ1) is 26.2. The zero-order valence-electron chi connectivity index (χ0n) is 36.3. The number of unbranched alkanes of at least 4 members (excludes halogenated alkanes) is 13. The molecule has 0 heterocycles. The van der Waals surface area contributed by atoms with Crippen LogP contribution in [0.2, 0.25) is 26.2 Å². The molecular weight excluding hydrogens is 711 g/mol. The molecule has 0 aliphatic rings. The molecule has 55 heavy (non-hydrogen) atoms. The standard InChI is InChI=1S/C38H64O4Si2.C10H16N/c1-6-7-8-9-10-11-12-13-15-24-31-36(41-43(2,3)34-27-20-18-21-28-34)37(32-25-16-14-17-26-33-38(39)40)42-44(4,5)35-29-22-19-23-30-35;1-11(2,3)9-10-7-5-4-6-8-10/h18-23,27-30,36-37H,6-17,24-26,31-33H2,1-5H3,(H,39,40);4-8H,9H2,1-3H3/q;+1/p-1. The molecule has 0 aliphatic heterocycles. The topological polar surface area (TPSA) is 58.6 Å². The summed E-state index contributed by atoms with van der Waals surface area (Å²) < 4.78 is 15.4. The van der Waals surface area contributed by atoms with E-state index in [2.05, 4.69) is 145 Å². The van der Waals surface area contributed by atoms with Crippen LogP contribution in [0.15, 0.2) is 91.0 Å². The predicted octanol–water partition coefficient (Wildman–Crippen LogP) is 10.7. The number of benzene rings is 3. The summed E-state index contributed by atoms with van der Waals surface area (Å²) in [6.07, 6.45) is 20.4. The quantitative estimate of drug-likeness (QED) is 0.0418. The van der Waals surface area contributed by atoms with E-state index in [4.69, 9.17) is 8.85 Å². The van der Waals surface area contributed by atoms with Gasteiger partial charge in [-0.2, -0.15) is 0 Å². The van der Waals surface area contributed by atoms with E-state index in [1.165, 1.54) is 80.1 Å². The Hall–Kier alpha value is -2.56. The van der Waals surface area contributed by atoms with Crippen LogP contribution in [0.4, 0.5) is 0 Å². The Balaban J connectivity index is 0.000000810. The molecular formula is C48H79NO4Si2. The highest BCUT2D eigenvalue weighted by Crippen LogP contribution is 2.26. The third-order valence-corrected chi connectivity index (χ3v) is 15.7. The van der Waals surface area contributed by atoms with Gasteiger partial charge in [0.1, 0.15) is 6.54 Å². The van der Waals surface area contributed by atoms with Gasteiger partial charge in [-0.1, -0.05) is 188 Å². The molecule has 0 fully saturated rings. The highest BCUT2D eigenvalue weighted by atomic mass is 28.4. The van der Waals surface area contributed by atoms with Gasteiger partial charge in [0.15, 0.2) is 0 Å². The fourth-order valence-corrected chi connectivity index (χ4v) is 11.6. The fourth-order valence-electron chi connectivity index (χ4n) is 7.32. The van der Waals surface area contributed by atoms with Gasteiger partial charge in [-0.05, 0) is 62.2 Å². The smallest absolute Gasteiger partial charge is 0.218 e. The first-order valence-electron chi connectivity index (χ1n) is 21.7. The molecule has 7 heteroatoms. The number of carbonyl (C=O) groups is 1. The van der Waals surface area contributed by atoms with Gasteiger partial charge in [0.25, 0.3) is 0 Å². The van der Waals surface area contributed by atoms with Crippen molar-refractivity contribution in [2.45, 2.75) is 167 Å². The van der Waals surface area contributed by atoms with Crippen molar-refractivity contribution in [3.8, 4) is 0 Å². The molecule has 0 saturated carbocycles. The molecule has 308 valence electrons. The third kappa shape index (κ3) is 22.7. The first-order valence-corrected chi connectivity index (χ1v) is 27.6. The van der Waals surface area contributed by atoms with Gasteiger partial charge in [0.2, 0.25) is 16.6 Å². The molecule has 0 bridgehead atoms. The molecule has 3 rings (SSSR count). The lowest BCUT2D eigenvalue weighted by Gasteiger charge is -2.39. The van der Waals surface area contributed by atoms with E-state index >= 15 is 0 Å². The van der Waals surface area contributed by atoms with Gasteiger partial charge in [0, 0.05) is 11.5 Å². The number of carboxylic acid groups (broad SMARTS) is 1. The normalized spacial score (nSPS) is 13.2. The molecule has 3 aromatic rings. The fraction of sp³-hybridized carbons (Fsp3) is 0.604. The molecule has 0 aromatic heterocycles. The average Bonchev–Trinajstić information content (AvgIpc) is 3.15. The monoisotopic (exact) mass is 790 g/mol. The number of quaternary nitrogens is 1. The molecule has 5 nitrogen and oxygen atoms in total. The molecule has 0 N–H and O–H groups in total. The Morgan fingerprint density at radius 2 is 0.891 bits per heavy atom. The molecule has 2 atom stereocenters. The number of rotatable bonds is 28. The molecule has 0 aliphatic carbocycles. The number of aliphatic carboxylic acids is 1. The van der Waals surface area contributed by atoms with Crippen molar-refractivity contribution in [3.63, 3.8) is 0 Å². The Labute approximate surface area is 340 Å². The summed E-state index contributed by atoms with van der Waals surface area (Å²) in [4.78, 5) is 10.8. The Bertz CT molecular complexity index is 1380. The zero-order valence-corrected chi connectivity index (χ0v) is 38.3. The summed E-state index contributed by atoms with van der Waals surface area (Å²) in [5.41, 5.74) is 1.40. The minimum Gasteiger partial charge on any atom is -0.550 e. The highest BCUT2D eigenvalue weighted by molar-refractivity contribution is 6.85. The maximum atomic E-state index is 10.8. The van der Waals surface area contributed by atoms with Crippen LogP contribution in [0.3, 0.4) is 0 Å². The minimum absolute atomic E-state index is 0.0501. The second-order valence-electron chi connectivity index (χ2n) is 17.6. The van der Waals surface area contributed by atoms with Crippen molar-refractivity contribution in [1.82, 2.24) is 0 Å². The minimum atomic E-state index is -2.17. The van der Waals surface area contributed by atoms with Crippen LogP contribution < -0.4 is 15.5 Å². The van der Waals surface area contributed by atoms with Crippen LogP contribution in [0.1, 0.15) is 128 Å². The van der Waals surface area contributed by atoms with Crippen molar-refractivity contribution in [1.29, 1.82) is 0 Å². The lowest BCUT2D eigenvalue weighted by atomic mass is 9.99. The summed E-state index contributed by atoms with van der Waals surface area (Å²) in [5, 5.41) is 13.4. The molecule has 0 amide bonds. The van der Waals surface area contributed by atoms with Crippen LogP contribution >= 0.6 is 0 Å². The van der Waals surface area contributed by atoms with Gasteiger partial charge in [-0.3, -0.25) is 0 Å². The largest absolute Gasteiger partial charge is 0.550 e. The molecule has 3 aromatic carbocycles. The summed E-state index contributed by atoms with van der Waals surface area (Å²) in [6, 6.07) is 32.2. The molecule has 0 spiro atoms. The first kappa shape index (κ1) is 48.6. The average molecular weight is 790 g/mol. The van der Waals surface area contributed by atoms with E-state index in [0.29, 0.717) is 6.42 Å². The van der Waals surface area contributed by atoms with Gasteiger partial charge in [-0.15, -0.1) is 0 Å². The van der Waals surface area contributed by atoms with Crippen LogP contribution in [0, 0.1) is 0 Å². The van der Waals surface area contributed by atoms with E-state index in [9.17, 15) is 9.90 Å². The van der Waals surface area contributed by atoms with Gasteiger partial charge >= 0.3 is 0 Å². The van der Waals surface area contributed by atoms with Gasteiger partial charge < -0.3 is 23.2 Å². The van der Waals surface area contributed by atoms with E-state index in [1.54, 1.807) is 0 Å². The second kappa shape index (κ2) is 27.1. The summed E-state index contributed by atoms with van der Waals surface area (Å²) in [5.74, 6) is -0.941. The van der Waals surface area contributed by atoms with Crippen molar-refractivity contribution in [2.24, 2.45) is 0 Å². The molecule has 0 radical (unpaired) electrons. The number of carboxylic acids is 1. The van der Waals surface area contributed by atoms with E-state index < -0.39 is 22.6 Å². The van der Waals surface area contributed by atoms with Crippen LogP contribution in [-0.4, -0.2) is 60.4 Å². The Kier molecular flexibility index (Phi) is 24.0. The SMILES string of the molecule is CCCCCCCCCCCCC(O[Si](C)(C)c1ccccc1)C(CCCCCCCC(=O)[O-])O[Si](C)(C)c1ccccc1.C[N+](C)(C)Cc1ccccc1. The van der Waals surface area contributed by atoms with Crippen molar-refractivity contribution in [2.75, 3.05) is 21.1 Å². The maximum Gasteiger partial charge on any atom is 0.218 e. The van der Waals surface area contributed by atoms with Gasteiger partial charge in [0.05, 0.1) is 33.4 Å². The van der Waals surface area contributed by atoms with Crippen LogP contribution in [0.5, 0.6) is 0 Å². The van der Waals surface area contributed by atoms with Crippen molar-refractivity contribution >= 4 is 33.0 Å². The van der Waals surface area contributed by atoms with E-state index in [-0.39, 0.29) is 18.6 Å². The highest BCUT2D eigenvalue weighted by Gasteiger charge is 2.37. The number of hydrogen-bond acceptors (Lipinski definition) is 4. The number of nitrogens with zero attached hydrogens (tertiary/aromatic N) is 1.